The van der Waals surface area contributed by atoms with Gasteiger partial charge >= 0.3 is 5.97 Å². The molecule has 0 unspecified atom stereocenters. The lowest BCUT2D eigenvalue weighted by Crippen LogP contribution is -2.06. The van der Waals surface area contributed by atoms with Gasteiger partial charge < -0.3 is 15.9 Å². The van der Waals surface area contributed by atoms with E-state index in [9.17, 15) is 14.0 Å². The first-order valence-electron chi connectivity index (χ1n) is 3.48. The Bertz CT molecular complexity index is 416. The molecule has 0 fully saturated rings. The average Bonchev–Trinajstić information content (AvgIpc) is 2.14. The summed E-state index contributed by atoms with van der Waals surface area (Å²) in [7, 11) is 0. The number of carbonyl (C=O) groups is 2. The van der Waals surface area contributed by atoms with E-state index >= 15 is 0 Å². The first-order chi connectivity index (χ1) is 6.49. The Balaban J connectivity index is 3.56. The Morgan fingerprint density at radius 1 is 1.57 bits per heavy atom. The monoisotopic (exact) mass is 199 g/mol. The molecule has 0 saturated carbocycles. The van der Waals surface area contributed by atoms with E-state index in [2.05, 4.69) is 0 Å². The first-order valence-corrected chi connectivity index (χ1v) is 3.48. The quantitative estimate of drug-likeness (QED) is 0.479. The van der Waals surface area contributed by atoms with E-state index in [4.69, 9.17) is 15.9 Å². The molecule has 0 aliphatic heterocycles. The van der Waals surface area contributed by atoms with Crippen molar-refractivity contribution in [3.63, 3.8) is 0 Å². The van der Waals surface area contributed by atoms with E-state index in [0.717, 1.165) is 6.07 Å². The molecule has 0 aliphatic rings. The maximum absolute atomic E-state index is 13.0. The van der Waals surface area contributed by atoms with E-state index < -0.39 is 34.4 Å². The van der Waals surface area contributed by atoms with Crippen LogP contribution in [0.15, 0.2) is 6.07 Å². The number of carboxylic acids is 1. The number of aromatic carboxylic acids is 1. The fraction of sp³-hybridized carbons (Fsp3) is 0. The third-order valence-electron chi connectivity index (χ3n) is 1.67. The summed E-state index contributed by atoms with van der Waals surface area (Å²) >= 11 is 0. The topological polar surface area (TPSA) is 101 Å². The molecule has 0 aliphatic carbocycles. The molecule has 0 radical (unpaired) electrons. The standard InChI is InChI=1S/C8H6FNO4/c9-5-6(10)4(8(13)14)1-3(2-11)7(5)12/h1-2,12H,10H2,(H,13,14). The van der Waals surface area contributed by atoms with Crippen LogP contribution in [0.2, 0.25) is 0 Å². The van der Waals surface area contributed by atoms with E-state index in [1.54, 1.807) is 0 Å². The van der Waals surface area contributed by atoms with Crippen LogP contribution >= 0.6 is 0 Å². The lowest BCUT2D eigenvalue weighted by Gasteiger charge is -2.05. The van der Waals surface area contributed by atoms with Gasteiger partial charge in [-0.25, -0.2) is 9.18 Å². The summed E-state index contributed by atoms with van der Waals surface area (Å²) < 4.78 is 13.0. The van der Waals surface area contributed by atoms with Gasteiger partial charge in [0.15, 0.2) is 17.9 Å². The minimum Gasteiger partial charge on any atom is -0.504 e. The summed E-state index contributed by atoms with van der Waals surface area (Å²) in [5.74, 6) is -3.71. The van der Waals surface area contributed by atoms with Gasteiger partial charge in [-0.1, -0.05) is 0 Å². The van der Waals surface area contributed by atoms with Crippen LogP contribution in [0.3, 0.4) is 0 Å². The Hall–Kier alpha value is -2.11. The van der Waals surface area contributed by atoms with Crippen molar-refractivity contribution in [3.8, 4) is 5.75 Å². The second kappa shape index (κ2) is 3.33. The number of aldehydes is 1. The van der Waals surface area contributed by atoms with Gasteiger partial charge in [0.05, 0.1) is 16.8 Å². The van der Waals surface area contributed by atoms with Crippen LogP contribution in [0.4, 0.5) is 10.1 Å². The highest BCUT2D eigenvalue weighted by Gasteiger charge is 2.18. The number of phenols is 1. The third kappa shape index (κ3) is 1.37. The van der Waals surface area contributed by atoms with Crippen LogP contribution in [0.25, 0.3) is 0 Å². The Labute approximate surface area is 77.6 Å². The number of benzene rings is 1. The van der Waals surface area contributed by atoms with Gasteiger partial charge in [0.2, 0.25) is 0 Å². The predicted octanol–water partition coefficient (Wildman–Crippen LogP) is 0.624. The number of carboxylic acid groups (broad SMARTS) is 1. The van der Waals surface area contributed by atoms with Gasteiger partial charge in [0.1, 0.15) is 0 Å². The Morgan fingerprint density at radius 2 is 2.14 bits per heavy atom. The van der Waals surface area contributed by atoms with Crippen LogP contribution in [0, 0.1) is 5.82 Å². The summed E-state index contributed by atoms with van der Waals surface area (Å²) in [6.07, 6.45) is 0.143. The Morgan fingerprint density at radius 3 is 2.57 bits per heavy atom. The molecule has 6 heteroatoms. The molecule has 0 atom stereocenters. The molecule has 4 N–H and O–H groups in total. The minimum absolute atomic E-state index is 0.143. The molecule has 0 aromatic heterocycles. The van der Waals surface area contributed by atoms with Crippen molar-refractivity contribution < 1.29 is 24.2 Å². The summed E-state index contributed by atoms with van der Waals surface area (Å²) in [5, 5.41) is 17.6. The van der Waals surface area contributed by atoms with Crippen LogP contribution < -0.4 is 5.73 Å². The van der Waals surface area contributed by atoms with Crippen molar-refractivity contribution in [3.05, 3.63) is 23.0 Å². The van der Waals surface area contributed by atoms with E-state index in [1.165, 1.54) is 0 Å². The van der Waals surface area contributed by atoms with Crippen molar-refractivity contribution in [1.82, 2.24) is 0 Å². The number of carbonyl (C=O) groups excluding carboxylic acids is 1. The third-order valence-corrected chi connectivity index (χ3v) is 1.67. The number of phenolic OH excluding ortho intramolecular Hbond substituents is 1. The Kier molecular flexibility index (Phi) is 2.37. The van der Waals surface area contributed by atoms with Gasteiger partial charge in [-0.3, -0.25) is 4.79 Å². The number of hydrogen-bond donors (Lipinski definition) is 3. The number of hydrogen-bond acceptors (Lipinski definition) is 4. The molecule has 5 nitrogen and oxygen atoms in total. The van der Waals surface area contributed by atoms with E-state index in [-0.39, 0.29) is 6.29 Å². The summed E-state index contributed by atoms with van der Waals surface area (Å²) in [5.41, 5.74) is 3.38. The maximum atomic E-state index is 13.0. The van der Waals surface area contributed by atoms with Crippen molar-refractivity contribution in [2.24, 2.45) is 0 Å². The van der Waals surface area contributed by atoms with Crippen molar-refractivity contribution >= 4 is 17.9 Å². The number of aromatic hydroxyl groups is 1. The van der Waals surface area contributed by atoms with Gasteiger partial charge in [-0.15, -0.1) is 0 Å². The van der Waals surface area contributed by atoms with E-state index in [1.807, 2.05) is 0 Å². The van der Waals surface area contributed by atoms with Crippen molar-refractivity contribution in [2.75, 3.05) is 5.73 Å². The van der Waals surface area contributed by atoms with Crippen molar-refractivity contribution in [2.45, 2.75) is 0 Å². The number of nitrogens with two attached hydrogens (primary N) is 1. The smallest absolute Gasteiger partial charge is 0.337 e. The maximum Gasteiger partial charge on any atom is 0.337 e. The van der Waals surface area contributed by atoms with E-state index in [0.29, 0.717) is 0 Å². The summed E-state index contributed by atoms with van der Waals surface area (Å²) in [4.78, 5) is 20.8. The molecule has 0 amide bonds. The molecule has 1 aromatic rings. The average molecular weight is 199 g/mol. The first kappa shape index (κ1) is 9.97. The molecular weight excluding hydrogens is 193 g/mol. The number of halogens is 1. The number of rotatable bonds is 2. The number of nitrogen functional groups attached to an aromatic ring is 1. The molecule has 0 saturated heterocycles. The largest absolute Gasteiger partial charge is 0.504 e. The number of anilines is 1. The molecule has 74 valence electrons. The van der Waals surface area contributed by atoms with Crippen LogP contribution in [0.5, 0.6) is 5.75 Å². The highest BCUT2D eigenvalue weighted by Crippen LogP contribution is 2.28. The predicted molar refractivity (Wildman–Crippen MR) is 44.8 cm³/mol. The molecule has 0 heterocycles. The zero-order valence-corrected chi connectivity index (χ0v) is 6.82. The zero-order valence-electron chi connectivity index (χ0n) is 6.82. The lowest BCUT2D eigenvalue weighted by molar-refractivity contribution is 0.0697. The van der Waals surface area contributed by atoms with Gasteiger partial charge in [-0.05, 0) is 6.07 Å². The second-order valence-electron chi connectivity index (χ2n) is 2.51. The van der Waals surface area contributed by atoms with Crippen molar-refractivity contribution in [1.29, 1.82) is 0 Å². The zero-order chi connectivity index (χ0) is 10.9. The molecular formula is C8H6FNO4. The molecule has 14 heavy (non-hydrogen) atoms. The highest BCUT2D eigenvalue weighted by atomic mass is 19.1. The molecule has 1 rings (SSSR count). The van der Waals surface area contributed by atoms with Gasteiger partial charge in [-0.2, -0.15) is 0 Å². The molecule has 0 bridgehead atoms. The SMILES string of the molecule is Nc1c(C(=O)O)cc(C=O)c(O)c1F. The van der Waals surface area contributed by atoms with Crippen LogP contribution in [0.1, 0.15) is 20.7 Å². The van der Waals surface area contributed by atoms with Crippen LogP contribution in [-0.2, 0) is 0 Å². The molecule has 1 aromatic carbocycles. The second-order valence-corrected chi connectivity index (χ2v) is 2.51. The van der Waals surface area contributed by atoms with Gasteiger partial charge in [0.25, 0.3) is 0 Å². The molecule has 0 spiro atoms. The lowest BCUT2D eigenvalue weighted by atomic mass is 10.1. The normalized spacial score (nSPS) is 9.79. The fourth-order valence-electron chi connectivity index (χ4n) is 0.941. The fourth-order valence-corrected chi connectivity index (χ4v) is 0.941. The minimum atomic E-state index is -1.47. The van der Waals surface area contributed by atoms with Crippen LogP contribution in [-0.4, -0.2) is 22.5 Å². The summed E-state index contributed by atoms with van der Waals surface area (Å²) in [6.45, 7) is 0. The highest BCUT2D eigenvalue weighted by molar-refractivity contribution is 5.97. The summed E-state index contributed by atoms with van der Waals surface area (Å²) in [6, 6.07) is 0.809. The van der Waals surface area contributed by atoms with Gasteiger partial charge in [0, 0.05) is 0 Å².